The van der Waals surface area contributed by atoms with Crippen molar-refractivity contribution in [2.24, 2.45) is 5.41 Å². The van der Waals surface area contributed by atoms with Crippen LogP contribution in [-0.2, 0) is 12.0 Å². The normalized spacial score (nSPS) is 21.5. The summed E-state index contributed by atoms with van der Waals surface area (Å²) in [5.74, 6) is 0.919. The standard InChI is InChI=1S/C27H36N4O2/c1-20-8-9-23-24(28-20)26(2,3)18-31(23)25(32)30-15-12-27(19-30)10-13-29(14-11-27)17-21-6-5-7-22(16-21)33-4/h5-9,16H,10-15,17-19H2,1-4H3. The molecule has 0 saturated carbocycles. The Bertz CT molecular complexity index is 1040. The summed E-state index contributed by atoms with van der Waals surface area (Å²) in [6.07, 6.45) is 3.43. The molecule has 1 aromatic heterocycles. The van der Waals surface area contributed by atoms with Gasteiger partial charge >= 0.3 is 6.03 Å². The molecule has 0 radical (unpaired) electrons. The summed E-state index contributed by atoms with van der Waals surface area (Å²) >= 11 is 0. The molecule has 4 heterocycles. The number of ether oxygens (including phenoxy) is 1. The third kappa shape index (κ3) is 4.21. The van der Waals surface area contributed by atoms with Crippen LogP contribution in [0.2, 0.25) is 0 Å². The van der Waals surface area contributed by atoms with Gasteiger partial charge in [0.05, 0.1) is 18.5 Å². The lowest BCUT2D eigenvalue weighted by molar-refractivity contribution is 0.105. The van der Waals surface area contributed by atoms with Crippen LogP contribution in [0.3, 0.4) is 0 Å². The predicted octanol–water partition coefficient (Wildman–Crippen LogP) is 4.60. The van der Waals surface area contributed by atoms with Crippen molar-refractivity contribution in [3.8, 4) is 5.75 Å². The number of likely N-dealkylation sites (tertiary alicyclic amines) is 2. The molecule has 0 atom stereocenters. The molecular weight excluding hydrogens is 412 g/mol. The lowest BCUT2D eigenvalue weighted by atomic mass is 9.77. The number of rotatable bonds is 3. The number of aryl methyl sites for hydroxylation is 1. The second kappa shape index (κ2) is 8.32. The van der Waals surface area contributed by atoms with Gasteiger partial charge in [0.1, 0.15) is 5.75 Å². The van der Waals surface area contributed by atoms with Crippen LogP contribution in [0.4, 0.5) is 10.5 Å². The average Bonchev–Trinajstić information content (AvgIpc) is 3.34. The number of carbonyl (C=O) groups is 1. The Balaban J connectivity index is 1.21. The highest BCUT2D eigenvalue weighted by atomic mass is 16.5. The van der Waals surface area contributed by atoms with Crippen molar-refractivity contribution in [3.63, 3.8) is 0 Å². The number of methoxy groups -OCH3 is 1. The Morgan fingerprint density at radius 3 is 2.58 bits per heavy atom. The zero-order valence-corrected chi connectivity index (χ0v) is 20.4. The maximum atomic E-state index is 13.6. The number of hydrogen-bond acceptors (Lipinski definition) is 4. The van der Waals surface area contributed by atoms with Crippen molar-refractivity contribution >= 4 is 11.7 Å². The molecule has 5 rings (SSSR count). The highest BCUT2D eigenvalue weighted by Crippen LogP contribution is 2.43. The van der Waals surface area contributed by atoms with E-state index in [1.54, 1.807) is 7.11 Å². The molecule has 6 heteroatoms. The molecule has 0 aliphatic carbocycles. The third-order valence-electron chi connectivity index (χ3n) is 7.90. The van der Waals surface area contributed by atoms with Crippen LogP contribution in [0, 0.1) is 12.3 Å². The molecule has 0 unspecified atom stereocenters. The van der Waals surface area contributed by atoms with Gasteiger partial charge in [-0.1, -0.05) is 26.0 Å². The van der Waals surface area contributed by atoms with Crippen molar-refractivity contribution in [1.82, 2.24) is 14.8 Å². The van der Waals surface area contributed by atoms with E-state index in [4.69, 9.17) is 9.72 Å². The van der Waals surface area contributed by atoms with E-state index >= 15 is 0 Å². The molecule has 1 spiro atoms. The number of aromatic nitrogens is 1. The van der Waals surface area contributed by atoms with Gasteiger partial charge in [0, 0.05) is 37.3 Å². The summed E-state index contributed by atoms with van der Waals surface area (Å²) < 4.78 is 5.37. The Kier molecular flexibility index (Phi) is 5.60. The number of hydrogen-bond donors (Lipinski definition) is 0. The molecule has 0 bridgehead atoms. The maximum absolute atomic E-state index is 13.6. The van der Waals surface area contributed by atoms with E-state index in [1.807, 2.05) is 24.0 Å². The number of nitrogens with zero attached hydrogens (tertiary/aromatic N) is 4. The minimum atomic E-state index is -0.111. The summed E-state index contributed by atoms with van der Waals surface area (Å²) in [5, 5.41) is 0. The van der Waals surface area contributed by atoms with E-state index in [-0.39, 0.29) is 16.9 Å². The average molecular weight is 449 g/mol. The molecule has 1 aromatic carbocycles. The van der Waals surface area contributed by atoms with Crippen molar-refractivity contribution in [3.05, 3.63) is 53.3 Å². The monoisotopic (exact) mass is 448 g/mol. The number of benzene rings is 1. The van der Waals surface area contributed by atoms with Gasteiger partial charge in [0.15, 0.2) is 0 Å². The second-order valence-electron chi connectivity index (χ2n) is 10.9. The quantitative estimate of drug-likeness (QED) is 0.688. The van der Waals surface area contributed by atoms with Crippen LogP contribution in [0.25, 0.3) is 0 Å². The Labute approximate surface area is 197 Å². The van der Waals surface area contributed by atoms with Gasteiger partial charge < -0.3 is 9.64 Å². The summed E-state index contributed by atoms with van der Waals surface area (Å²) in [6, 6.07) is 12.6. The van der Waals surface area contributed by atoms with E-state index in [9.17, 15) is 4.79 Å². The van der Waals surface area contributed by atoms with E-state index < -0.39 is 0 Å². The molecular formula is C27H36N4O2. The number of carbonyl (C=O) groups excluding carboxylic acids is 1. The Morgan fingerprint density at radius 1 is 1.06 bits per heavy atom. The number of urea groups is 1. The Morgan fingerprint density at radius 2 is 1.82 bits per heavy atom. The first-order valence-electron chi connectivity index (χ1n) is 12.2. The molecule has 2 amide bonds. The van der Waals surface area contributed by atoms with Crippen molar-refractivity contribution in [2.45, 2.75) is 52.0 Å². The summed E-state index contributed by atoms with van der Waals surface area (Å²) in [7, 11) is 1.72. The van der Waals surface area contributed by atoms with E-state index in [1.165, 1.54) is 5.56 Å². The number of pyridine rings is 1. The first-order valence-corrected chi connectivity index (χ1v) is 12.2. The second-order valence-corrected chi connectivity index (χ2v) is 10.9. The fraction of sp³-hybridized carbons (Fsp3) is 0.556. The predicted molar refractivity (Wildman–Crippen MR) is 131 cm³/mol. The maximum Gasteiger partial charge on any atom is 0.324 e. The number of fused-ring (bicyclic) bond motifs is 1. The smallest absolute Gasteiger partial charge is 0.324 e. The van der Waals surface area contributed by atoms with E-state index in [0.717, 1.165) is 74.8 Å². The molecule has 2 aromatic rings. The number of anilines is 1. The van der Waals surface area contributed by atoms with Gasteiger partial charge in [-0.15, -0.1) is 0 Å². The lowest BCUT2D eigenvalue weighted by Gasteiger charge is -2.39. The molecule has 33 heavy (non-hydrogen) atoms. The first kappa shape index (κ1) is 22.2. The van der Waals surface area contributed by atoms with E-state index in [2.05, 4.69) is 47.9 Å². The first-order chi connectivity index (χ1) is 15.8. The molecule has 3 aliphatic rings. The van der Waals surface area contributed by atoms with Crippen molar-refractivity contribution < 1.29 is 9.53 Å². The highest BCUT2D eigenvalue weighted by Gasteiger charge is 2.46. The molecule has 2 fully saturated rings. The van der Waals surface area contributed by atoms with Crippen LogP contribution < -0.4 is 9.64 Å². The van der Waals surface area contributed by atoms with Gasteiger partial charge in [-0.05, 0) is 74.5 Å². The van der Waals surface area contributed by atoms with Gasteiger partial charge in [-0.25, -0.2) is 4.79 Å². The molecule has 6 nitrogen and oxygen atoms in total. The number of piperidine rings is 1. The van der Waals surface area contributed by atoms with Crippen molar-refractivity contribution in [2.75, 3.05) is 44.7 Å². The van der Waals surface area contributed by atoms with Crippen LogP contribution in [0.5, 0.6) is 5.75 Å². The molecule has 0 N–H and O–H groups in total. The SMILES string of the molecule is COc1cccc(CN2CCC3(CC2)CCN(C(=O)N2CC(C)(C)c4nc(C)ccc42)C3)c1. The van der Waals surface area contributed by atoms with Crippen LogP contribution in [0.15, 0.2) is 36.4 Å². The fourth-order valence-corrected chi connectivity index (χ4v) is 5.88. The Hall–Kier alpha value is -2.60. The number of amides is 2. The minimum absolute atomic E-state index is 0.111. The third-order valence-corrected chi connectivity index (χ3v) is 7.90. The van der Waals surface area contributed by atoms with E-state index in [0.29, 0.717) is 6.54 Å². The van der Waals surface area contributed by atoms with Crippen LogP contribution >= 0.6 is 0 Å². The summed E-state index contributed by atoms with van der Waals surface area (Å²) in [6.45, 7) is 12.0. The van der Waals surface area contributed by atoms with Gasteiger partial charge in [0.25, 0.3) is 0 Å². The highest BCUT2D eigenvalue weighted by molar-refractivity contribution is 5.95. The summed E-state index contributed by atoms with van der Waals surface area (Å²) in [4.78, 5) is 25.0. The van der Waals surface area contributed by atoms with Gasteiger partial charge in [0.2, 0.25) is 0 Å². The zero-order chi connectivity index (χ0) is 23.2. The topological polar surface area (TPSA) is 48.9 Å². The van der Waals surface area contributed by atoms with Crippen LogP contribution in [0.1, 0.15) is 50.1 Å². The molecule has 3 aliphatic heterocycles. The lowest BCUT2D eigenvalue weighted by Crippen LogP contribution is -2.46. The molecule has 176 valence electrons. The summed E-state index contributed by atoms with van der Waals surface area (Å²) in [5.41, 5.74) is 4.51. The van der Waals surface area contributed by atoms with Gasteiger partial charge in [-0.2, -0.15) is 0 Å². The molecule has 2 saturated heterocycles. The zero-order valence-electron chi connectivity index (χ0n) is 20.4. The minimum Gasteiger partial charge on any atom is -0.497 e. The van der Waals surface area contributed by atoms with Crippen molar-refractivity contribution in [1.29, 1.82) is 0 Å². The fourth-order valence-electron chi connectivity index (χ4n) is 5.88. The van der Waals surface area contributed by atoms with Crippen LogP contribution in [-0.4, -0.2) is 60.6 Å². The van der Waals surface area contributed by atoms with Gasteiger partial charge in [-0.3, -0.25) is 14.8 Å². The largest absolute Gasteiger partial charge is 0.497 e.